The van der Waals surface area contributed by atoms with E-state index in [1.54, 1.807) is 32.9 Å². The average molecular weight is 375 g/mol. The molecule has 2 rings (SSSR count). The molecule has 7 nitrogen and oxygen atoms in total. The topological polar surface area (TPSA) is 87.7 Å². The van der Waals surface area contributed by atoms with Crippen LogP contribution >= 0.6 is 0 Å². The van der Waals surface area contributed by atoms with Crippen molar-refractivity contribution in [2.75, 3.05) is 17.2 Å². The maximum atomic E-state index is 12.8. The van der Waals surface area contributed by atoms with E-state index < -0.39 is 17.7 Å². The Hall–Kier alpha value is -2.57. The predicted molar refractivity (Wildman–Crippen MR) is 105 cm³/mol. The van der Waals surface area contributed by atoms with Gasteiger partial charge in [0.1, 0.15) is 11.6 Å². The number of carbonyl (C=O) groups excluding carboxylic acids is 3. The van der Waals surface area contributed by atoms with E-state index in [1.165, 1.54) is 11.8 Å². The number of likely N-dealkylation sites (tertiary alicyclic amines) is 1. The van der Waals surface area contributed by atoms with Gasteiger partial charge in [0.25, 0.3) is 0 Å². The second-order valence-electron chi connectivity index (χ2n) is 7.89. The lowest BCUT2D eigenvalue weighted by atomic mass is 10.0. The molecule has 1 aliphatic heterocycles. The first kappa shape index (κ1) is 20.7. The number of ether oxygens (including phenoxy) is 1. The minimum Gasteiger partial charge on any atom is -0.444 e. The van der Waals surface area contributed by atoms with Crippen molar-refractivity contribution in [1.29, 1.82) is 0 Å². The smallest absolute Gasteiger partial charge is 0.410 e. The van der Waals surface area contributed by atoms with Crippen molar-refractivity contribution in [3.05, 3.63) is 23.8 Å². The first-order valence-corrected chi connectivity index (χ1v) is 9.25. The number of rotatable bonds is 3. The molecule has 1 aromatic rings. The fourth-order valence-electron chi connectivity index (χ4n) is 2.99. The zero-order valence-electron chi connectivity index (χ0n) is 16.7. The van der Waals surface area contributed by atoms with Crippen molar-refractivity contribution in [1.82, 2.24) is 4.90 Å². The molecule has 0 unspecified atom stereocenters. The van der Waals surface area contributed by atoms with E-state index in [1.807, 2.05) is 13.0 Å². The Balaban J connectivity index is 2.13. The van der Waals surface area contributed by atoms with Gasteiger partial charge in [-0.2, -0.15) is 0 Å². The molecule has 1 aliphatic rings. The minimum atomic E-state index is -0.611. The van der Waals surface area contributed by atoms with Gasteiger partial charge >= 0.3 is 6.09 Å². The van der Waals surface area contributed by atoms with Crippen LogP contribution in [0.4, 0.5) is 16.2 Å². The molecule has 0 aromatic heterocycles. The average Bonchev–Trinajstić information content (AvgIpc) is 2.56. The van der Waals surface area contributed by atoms with E-state index in [4.69, 9.17) is 4.74 Å². The monoisotopic (exact) mass is 375 g/mol. The number of piperidine rings is 1. The molecule has 2 N–H and O–H groups in total. The number of amides is 3. The highest BCUT2D eigenvalue weighted by Gasteiger charge is 2.34. The summed E-state index contributed by atoms with van der Waals surface area (Å²) in [6.45, 7) is 9.23. The number of aryl methyl sites for hydroxylation is 1. The van der Waals surface area contributed by atoms with Crippen LogP contribution in [0.15, 0.2) is 18.2 Å². The summed E-state index contributed by atoms with van der Waals surface area (Å²) in [5.41, 5.74) is 1.51. The first-order valence-electron chi connectivity index (χ1n) is 9.25. The van der Waals surface area contributed by atoms with Crippen LogP contribution < -0.4 is 10.6 Å². The summed E-state index contributed by atoms with van der Waals surface area (Å²) in [6, 6.07) is 4.75. The number of benzene rings is 1. The first-order chi connectivity index (χ1) is 12.6. The van der Waals surface area contributed by atoms with Crippen molar-refractivity contribution in [3.8, 4) is 0 Å². The summed E-state index contributed by atoms with van der Waals surface area (Å²) in [7, 11) is 0. The summed E-state index contributed by atoms with van der Waals surface area (Å²) < 4.78 is 5.45. The van der Waals surface area contributed by atoms with Gasteiger partial charge < -0.3 is 15.4 Å². The van der Waals surface area contributed by atoms with Crippen LogP contribution in [0.5, 0.6) is 0 Å². The summed E-state index contributed by atoms with van der Waals surface area (Å²) in [5.74, 6) is -0.428. The fraction of sp³-hybridized carbons (Fsp3) is 0.550. The number of nitrogens with zero attached hydrogens (tertiary/aromatic N) is 1. The van der Waals surface area contributed by atoms with Crippen LogP contribution in [0.3, 0.4) is 0 Å². The Kier molecular flexibility index (Phi) is 6.46. The molecular formula is C20H29N3O4. The van der Waals surface area contributed by atoms with Crippen LogP contribution in [0.25, 0.3) is 0 Å². The molecule has 0 radical (unpaired) electrons. The largest absolute Gasteiger partial charge is 0.444 e. The van der Waals surface area contributed by atoms with Gasteiger partial charge in [-0.3, -0.25) is 14.5 Å². The zero-order chi connectivity index (χ0) is 20.2. The summed E-state index contributed by atoms with van der Waals surface area (Å²) in [5, 5.41) is 5.60. The van der Waals surface area contributed by atoms with Gasteiger partial charge in [-0.1, -0.05) is 6.07 Å². The number of anilines is 2. The Morgan fingerprint density at radius 2 is 1.85 bits per heavy atom. The van der Waals surface area contributed by atoms with E-state index >= 15 is 0 Å². The third kappa shape index (κ3) is 5.98. The van der Waals surface area contributed by atoms with E-state index in [0.29, 0.717) is 24.3 Å². The number of hydrogen-bond acceptors (Lipinski definition) is 4. The Bertz CT molecular complexity index is 724. The summed E-state index contributed by atoms with van der Waals surface area (Å²) in [6.07, 6.45) is 1.85. The van der Waals surface area contributed by atoms with Crippen LogP contribution in [0.2, 0.25) is 0 Å². The van der Waals surface area contributed by atoms with Crippen LogP contribution in [-0.2, 0) is 14.3 Å². The molecule has 1 aromatic carbocycles. The highest BCUT2D eigenvalue weighted by molar-refractivity contribution is 5.98. The lowest BCUT2D eigenvalue weighted by Gasteiger charge is -2.35. The van der Waals surface area contributed by atoms with Crippen LogP contribution in [0, 0.1) is 6.92 Å². The maximum absolute atomic E-state index is 12.8. The molecule has 0 spiro atoms. The molecule has 1 saturated heterocycles. The fourth-order valence-corrected chi connectivity index (χ4v) is 2.99. The van der Waals surface area contributed by atoms with Crippen molar-refractivity contribution < 1.29 is 19.1 Å². The quantitative estimate of drug-likeness (QED) is 0.843. The van der Waals surface area contributed by atoms with Crippen LogP contribution in [0.1, 0.15) is 52.5 Å². The molecule has 0 saturated carbocycles. The predicted octanol–water partition coefficient (Wildman–Crippen LogP) is 3.68. The second kappa shape index (κ2) is 8.41. The highest BCUT2D eigenvalue weighted by atomic mass is 16.6. The molecule has 148 valence electrons. The third-order valence-electron chi connectivity index (χ3n) is 4.25. The second-order valence-corrected chi connectivity index (χ2v) is 7.89. The normalized spacial score (nSPS) is 17.2. The van der Waals surface area contributed by atoms with Gasteiger partial charge in [-0.25, -0.2) is 4.79 Å². The minimum absolute atomic E-state index is 0.176. The Morgan fingerprint density at radius 1 is 1.15 bits per heavy atom. The molecule has 7 heteroatoms. The van der Waals surface area contributed by atoms with Crippen molar-refractivity contribution in [3.63, 3.8) is 0 Å². The van der Waals surface area contributed by atoms with E-state index in [-0.39, 0.29) is 11.8 Å². The van der Waals surface area contributed by atoms with Gasteiger partial charge in [0.2, 0.25) is 11.8 Å². The summed E-state index contributed by atoms with van der Waals surface area (Å²) >= 11 is 0. The lowest BCUT2D eigenvalue weighted by Crippen LogP contribution is -2.51. The number of carbonyl (C=O) groups is 3. The van der Waals surface area contributed by atoms with Gasteiger partial charge in [0, 0.05) is 24.8 Å². The molecule has 0 aliphatic carbocycles. The number of hydrogen-bond donors (Lipinski definition) is 2. The van der Waals surface area contributed by atoms with Crippen LogP contribution in [-0.4, -0.2) is 41.0 Å². The van der Waals surface area contributed by atoms with E-state index in [2.05, 4.69) is 10.6 Å². The van der Waals surface area contributed by atoms with Crippen molar-refractivity contribution in [2.24, 2.45) is 0 Å². The summed E-state index contributed by atoms with van der Waals surface area (Å²) in [4.78, 5) is 38.1. The molecule has 3 amide bonds. The molecular weight excluding hydrogens is 346 g/mol. The van der Waals surface area contributed by atoms with Crippen molar-refractivity contribution >= 4 is 29.3 Å². The van der Waals surface area contributed by atoms with Gasteiger partial charge in [-0.15, -0.1) is 0 Å². The van der Waals surface area contributed by atoms with E-state index in [0.717, 1.165) is 18.4 Å². The third-order valence-corrected chi connectivity index (χ3v) is 4.25. The zero-order valence-corrected chi connectivity index (χ0v) is 16.7. The Morgan fingerprint density at radius 3 is 2.48 bits per heavy atom. The van der Waals surface area contributed by atoms with Gasteiger partial charge in [0.05, 0.1) is 0 Å². The molecule has 1 fully saturated rings. The SMILES string of the molecule is CC(=O)Nc1cc(NC(=O)[C@@H]2CCCCN2C(=O)OC(C)(C)C)ccc1C. The molecule has 1 atom stereocenters. The van der Waals surface area contributed by atoms with Gasteiger partial charge in [0.15, 0.2) is 0 Å². The lowest BCUT2D eigenvalue weighted by molar-refractivity contribution is -0.122. The Labute approximate surface area is 160 Å². The molecule has 1 heterocycles. The maximum Gasteiger partial charge on any atom is 0.410 e. The molecule has 0 bridgehead atoms. The highest BCUT2D eigenvalue weighted by Crippen LogP contribution is 2.24. The van der Waals surface area contributed by atoms with E-state index in [9.17, 15) is 14.4 Å². The van der Waals surface area contributed by atoms with Crippen molar-refractivity contribution in [2.45, 2.75) is 65.5 Å². The standard InChI is InChI=1S/C20H29N3O4/c1-13-9-10-15(12-16(13)21-14(2)24)22-18(25)17-8-6-7-11-23(17)19(26)27-20(3,4)5/h9-10,12,17H,6-8,11H2,1-5H3,(H,21,24)(H,22,25)/t17-/m0/s1. The molecule has 27 heavy (non-hydrogen) atoms. The van der Waals surface area contributed by atoms with Gasteiger partial charge in [-0.05, 0) is 64.7 Å². The number of nitrogens with one attached hydrogen (secondary N) is 2.